The highest BCUT2D eigenvalue weighted by atomic mass is 16.7. The van der Waals surface area contributed by atoms with E-state index in [9.17, 15) is 4.79 Å². The molecular formula is C27H28N2O3. The Morgan fingerprint density at radius 2 is 1.59 bits per heavy atom. The van der Waals surface area contributed by atoms with Gasteiger partial charge in [0.25, 0.3) is 0 Å². The van der Waals surface area contributed by atoms with Crippen molar-refractivity contribution in [2.45, 2.75) is 18.3 Å². The van der Waals surface area contributed by atoms with E-state index in [0.29, 0.717) is 6.79 Å². The lowest BCUT2D eigenvalue weighted by atomic mass is 9.64. The molecule has 3 aromatic rings. The molecule has 2 aliphatic rings. The first-order valence-corrected chi connectivity index (χ1v) is 11.2. The molecule has 0 unspecified atom stereocenters. The fourth-order valence-electron chi connectivity index (χ4n) is 5.30. The summed E-state index contributed by atoms with van der Waals surface area (Å²) in [5.41, 5.74) is 8.53. The fourth-order valence-corrected chi connectivity index (χ4v) is 5.30. The summed E-state index contributed by atoms with van der Waals surface area (Å²) in [6.45, 7) is 3.00. The van der Waals surface area contributed by atoms with Gasteiger partial charge in [0.2, 0.25) is 12.7 Å². The minimum absolute atomic E-state index is 0.113. The molecule has 32 heavy (non-hydrogen) atoms. The number of carbonyl (C=O) groups is 1. The fraction of sp³-hybridized carbons (Fsp3) is 0.296. The maximum atomic E-state index is 13.2. The quantitative estimate of drug-likeness (QED) is 0.623. The number of nitrogens with zero attached hydrogens (tertiary/aromatic N) is 1. The van der Waals surface area contributed by atoms with Gasteiger partial charge in [-0.2, -0.15) is 0 Å². The van der Waals surface area contributed by atoms with Crippen LogP contribution in [-0.2, 0) is 16.6 Å². The molecule has 5 nitrogen and oxygen atoms in total. The first-order chi connectivity index (χ1) is 15.7. The summed E-state index contributed by atoms with van der Waals surface area (Å²) in [6, 6.07) is 26.2. The number of benzene rings is 3. The third-order valence-electron chi connectivity index (χ3n) is 6.89. The van der Waals surface area contributed by atoms with E-state index in [2.05, 4.69) is 17.0 Å². The average molecular weight is 429 g/mol. The molecule has 5 rings (SSSR count). The van der Waals surface area contributed by atoms with E-state index in [1.807, 2.05) is 66.7 Å². The van der Waals surface area contributed by atoms with Crippen molar-refractivity contribution in [2.75, 3.05) is 26.4 Å². The number of nitrogens with two attached hydrogens (primary N) is 1. The molecule has 2 aliphatic heterocycles. The Labute approximate surface area is 188 Å². The first-order valence-electron chi connectivity index (χ1n) is 11.2. The normalized spacial score (nSPS) is 18.1. The van der Waals surface area contributed by atoms with Crippen LogP contribution in [0.5, 0.6) is 11.5 Å². The summed E-state index contributed by atoms with van der Waals surface area (Å²) < 4.78 is 10.9. The van der Waals surface area contributed by atoms with Crippen LogP contribution in [0.25, 0.3) is 0 Å². The van der Waals surface area contributed by atoms with Crippen molar-refractivity contribution in [3.05, 3.63) is 95.6 Å². The van der Waals surface area contributed by atoms with Crippen LogP contribution >= 0.6 is 0 Å². The van der Waals surface area contributed by atoms with Crippen molar-refractivity contribution in [2.24, 2.45) is 11.7 Å². The number of ether oxygens (including phenoxy) is 2. The second kappa shape index (κ2) is 8.67. The number of fused-ring (bicyclic) bond motifs is 1. The minimum atomic E-state index is -0.837. The van der Waals surface area contributed by atoms with Gasteiger partial charge in [-0.1, -0.05) is 66.7 Å². The zero-order valence-corrected chi connectivity index (χ0v) is 18.1. The second-order valence-corrected chi connectivity index (χ2v) is 8.63. The Bertz CT molecular complexity index is 1050. The van der Waals surface area contributed by atoms with E-state index in [4.69, 9.17) is 15.2 Å². The molecule has 2 heterocycles. The van der Waals surface area contributed by atoms with Crippen LogP contribution in [0.2, 0.25) is 0 Å². The van der Waals surface area contributed by atoms with E-state index in [-0.39, 0.29) is 11.8 Å². The third kappa shape index (κ3) is 3.63. The summed E-state index contributed by atoms with van der Waals surface area (Å²) in [7, 11) is 0. The van der Waals surface area contributed by atoms with E-state index < -0.39 is 5.41 Å². The predicted octanol–water partition coefficient (Wildman–Crippen LogP) is 3.75. The second-order valence-electron chi connectivity index (χ2n) is 8.63. The molecule has 5 heteroatoms. The molecule has 2 N–H and O–H groups in total. The number of amides is 1. The van der Waals surface area contributed by atoms with E-state index in [1.54, 1.807) is 0 Å². The number of rotatable bonds is 7. The van der Waals surface area contributed by atoms with Gasteiger partial charge in [-0.15, -0.1) is 0 Å². The molecule has 1 amide bonds. The van der Waals surface area contributed by atoms with Gasteiger partial charge >= 0.3 is 0 Å². The highest BCUT2D eigenvalue weighted by Crippen LogP contribution is 2.43. The van der Waals surface area contributed by atoms with Gasteiger partial charge in [-0.3, -0.25) is 4.79 Å². The lowest BCUT2D eigenvalue weighted by Gasteiger charge is -2.37. The lowest BCUT2D eigenvalue weighted by Crippen LogP contribution is -2.49. The number of carbonyl (C=O) groups excluding carboxylic acids is 1. The maximum Gasteiger partial charge on any atom is 0.232 e. The van der Waals surface area contributed by atoms with Crippen molar-refractivity contribution in [3.63, 3.8) is 0 Å². The zero-order chi connectivity index (χ0) is 22.0. The third-order valence-corrected chi connectivity index (χ3v) is 6.89. The molecule has 0 aliphatic carbocycles. The number of hydrogen-bond acceptors (Lipinski definition) is 4. The van der Waals surface area contributed by atoms with Crippen LogP contribution in [-0.4, -0.2) is 37.2 Å². The van der Waals surface area contributed by atoms with Crippen LogP contribution in [0.4, 0.5) is 0 Å². The van der Waals surface area contributed by atoms with Gasteiger partial charge < -0.3 is 20.1 Å². The van der Waals surface area contributed by atoms with Crippen molar-refractivity contribution in [3.8, 4) is 11.5 Å². The van der Waals surface area contributed by atoms with Crippen LogP contribution in [0.15, 0.2) is 78.9 Å². The summed E-state index contributed by atoms with van der Waals surface area (Å²) in [6.07, 6.45) is 1.84. The molecule has 0 bridgehead atoms. The number of likely N-dealkylation sites (tertiary alicyclic amines) is 1. The van der Waals surface area contributed by atoms with Crippen molar-refractivity contribution >= 4 is 5.91 Å². The molecule has 0 radical (unpaired) electrons. The Morgan fingerprint density at radius 1 is 0.938 bits per heavy atom. The van der Waals surface area contributed by atoms with E-state index >= 15 is 0 Å². The first kappa shape index (κ1) is 20.6. The lowest BCUT2D eigenvalue weighted by molar-refractivity contribution is -0.123. The summed E-state index contributed by atoms with van der Waals surface area (Å²) >= 11 is 0. The van der Waals surface area contributed by atoms with Crippen LogP contribution in [0.1, 0.15) is 23.1 Å². The smallest absolute Gasteiger partial charge is 0.232 e. The Kier molecular flexibility index (Phi) is 5.58. The monoisotopic (exact) mass is 428 g/mol. The molecule has 1 fully saturated rings. The van der Waals surface area contributed by atoms with Crippen molar-refractivity contribution in [1.82, 2.24) is 4.90 Å². The van der Waals surface area contributed by atoms with E-state index in [1.165, 1.54) is 5.56 Å². The number of hydrogen-bond donors (Lipinski definition) is 1. The summed E-state index contributed by atoms with van der Waals surface area (Å²) in [5, 5.41) is 0. The highest BCUT2D eigenvalue weighted by molar-refractivity contribution is 5.91. The highest BCUT2D eigenvalue weighted by Gasteiger charge is 2.49. The van der Waals surface area contributed by atoms with Gasteiger partial charge in [-0.25, -0.2) is 0 Å². The standard InChI is InChI=1S/C27H28N2O3/c28-26(30)27(21-7-3-1-4-8-21,22-9-5-2-6-10-22)23-14-16-29(18-23)15-13-20-11-12-24-25(17-20)32-19-31-24/h1-12,17,23H,13-16,18-19H2,(H2,28,30)/t23-/m0/s1. The van der Waals surface area contributed by atoms with Crippen LogP contribution in [0, 0.1) is 5.92 Å². The Morgan fingerprint density at radius 3 is 2.25 bits per heavy atom. The molecule has 1 atom stereocenters. The maximum absolute atomic E-state index is 13.2. The molecule has 0 saturated carbocycles. The summed E-state index contributed by atoms with van der Waals surface area (Å²) in [5.74, 6) is 1.47. The molecular weight excluding hydrogens is 400 g/mol. The molecule has 3 aromatic carbocycles. The van der Waals surface area contributed by atoms with Crippen molar-refractivity contribution in [1.29, 1.82) is 0 Å². The topological polar surface area (TPSA) is 64.8 Å². The SMILES string of the molecule is NC(=O)C(c1ccccc1)(c1ccccc1)[C@H]1CCN(CCc2ccc3c(c2)OCO3)C1. The van der Waals surface area contributed by atoms with Crippen molar-refractivity contribution < 1.29 is 14.3 Å². The molecule has 1 saturated heterocycles. The van der Waals surface area contributed by atoms with Gasteiger partial charge in [0.1, 0.15) is 5.41 Å². The van der Waals surface area contributed by atoms with E-state index in [0.717, 1.165) is 55.1 Å². The zero-order valence-electron chi connectivity index (χ0n) is 18.1. The predicted molar refractivity (Wildman–Crippen MR) is 124 cm³/mol. The molecule has 0 aromatic heterocycles. The Hall–Kier alpha value is -3.31. The Balaban J connectivity index is 1.38. The summed E-state index contributed by atoms with van der Waals surface area (Å²) in [4.78, 5) is 15.6. The average Bonchev–Trinajstić information content (AvgIpc) is 3.49. The minimum Gasteiger partial charge on any atom is -0.454 e. The molecule has 164 valence electrons. The number of primary amides is 1. The van der Waals surface area contributed by atoms with Gasteiger partial charge in [0, 0.05) is 13.1 Å². The van der Waals surface area contributed by atoms with Gasteiger partial charge in [-0.05, 0) is 54.1 Å². The largest absolute Gasteiger partial charge is 0.454 e. The van der Waals surface area contributed by atoms with Crippen LogP contribution in [0.3, 0.4) is 0 Å². The van der Waals surface area contributed by atoms with Gasteiger partial charge in [0.15, 0.2) is 11.5 Å². The van der Waals surface area contributed by atoms with Gasteiger partial charge in [0.05, 0.1) is 0 Å². The van der Waals surface area contributed by atoms with Crippen LogP contribution < -0.4 is 15.2 Å². The molecule has 0 spiro atoms.